The number of halogens is 3. The Balaban J connectivity index is 1.67. The molecule has 0 radical (unpaired) electrons. The van der Waals surface area contributed by atoms with Crippen LogP contribution in [0.15, 0.2) is 55.0 Å². The van der Waals surface area contributed by atoms with Crippen molar-refractivity contribution < 1.29 is 22.7 Å². The van der Waals surface area contributed by atoms with E-state index in [9.17, 15) is 18.0 Å². The van der Waals surface area contributed by atoms with Crippen LogP contribution >= 0.6 is 0 Å². The van der Waals surface area contributed by atoms with E-state index in [1.807, 2.05) is 12.1 Å². The number of ether oxygens (including phenoxy) is 1. The number of alkyl halides is 3. The van der Waals surface area contributed by atoms with Gasteiger partial charge < -0.3 is 21.1 Å². The van der Waals surface area contributed by atoms with E-state index in [2.05, 4.69) is 20.6 Å². The van der Waals surface area contributed by atoms with Crippen LogP contribution in [-0.4, -0.2) is 41.6 Å². The maximum atomic E-state index is 13.7. The molecule has 1 saturated heterocycles. The van der Waals surface area contributed by atoms with Crippen molar-refractivity contribution >= 4 is 11.7 Å². The minimum atomic E-state index is -4.59. The maximum absolute atomic E-state index is 13.7. The first-order valence-electron chi connectivity index (χ1n) is 11.3. The summed E-state index contributed by atoms with van der Waals surface area (Å²) in [6.45, 7) is 1.90. The van der Waals surface area contributed by atoms with Gasteiger partial charge in [0.05, 0.1) is 11.1 Å². The summed E-state index contributed by atoms with van der Waals surface area (Å²) >= 11 is 0. The van der Waals surface area contributed by atoms with E-state index in [0.29, 0.717) is 25.8 Å². The first-order chi connectivity index (χ1) is 16.8. The van der Waals surface area contributed by atoms with Crippen LogP contribution in [0.4, 0.5) is 19.0 Å². The van der Waals surface area contributed by atoms with Crippen molar-refractivity contribution in [2.45, 2.75) is 31.5 Å². The van der Waals surface area contributed by atoms with Crippen LogP contribution in [0.2, 0.25) is 0 Å². The highest BCUT2D eigenvalue weighted by Crippen LogP contribution is 2.38. The first-order valence-corrected chi connectivity index (χ1v) is 11.3. The lowest BCUT2D eigenvalue weighted by Crippen LogP contribution is -2.34. The summed E-state index contributed by atoms with van der Waals surface area (Å²) in [7, 11) is 0. The van der Waals surface area contributed by atoms with Crippen molar-refractivity contribution in [3.8, 4) is 16.9 Å². The zero-order valence-corrected chi connectivity index (χ0v) is 18.9. The largest absolute Gasteiger partial charge is 0.490 e. The Morgan fingerprint density at radius 3 is 2.66 bits per heavy atom. The summed E-state index contributed by atoms with van der Waals surface area (Å²) in [5, 5.41) is 6.28. The second-order valence-electron chi connectivity index (χ2n) is 8.30. The topological polar surface area (TPSA) is 102 Å². The highest BCUT2D eigenvalue weighted by Gasteiger charge is 2.32. The zero-order valence-electron chi connectivity index (χ0n) is 18.9. The number of aromatic nitrogens is 2. The third-order valence-electron chi connectivity index (χ3n) is 5.76. The maximum Gasteiger partial charge on any atom is 0.416 e. The molecule has 4 rings (SSSR count). The van der Waals surface area contributed by atoms with E-state index in [-0.39, 0.29) is 34.4 Å². The number of pyridine rings is 2. The van der Waals surface area contributed by atoms with E-state index in [4.69, 9.17) is 10.5 Å². The molecule has 0 bridgehead atoms. The number of nitrogens with two attached hydrogens (primary N) is 1. The minimum absolute atomic E-state index is 0.0193. The smallest absolute Gasteiger partial charge is 0.416 e. The average molecular weight is 486 g/mol. The van der Waals surface area contributed by atoms with Gasteiger partial charge in [-0.15, -0.1) is 0 Å². The fourth-order valence-electron chi connectivity index (χ4n) is 4.05. The SMILES string of the molecule is NC(=O)c1c(-c2cc(OC3CCNCC3)cc(C(F)(F)F)c2)ccnc1NCCc1cccnc1. The standard InChI is InChI=1S/C25H26F3N5O2/c26-25(27,28)18-12-17(13-20(14-18)35-19-4-8-30-9-5-19)21-6-11-33-24(22(21)23(29)34)32-10-3-16-2-1-7-31-15-16/h1-2,6-7,11-15,19,30H,3-5,8-10H2,(H2,29,34)(H,32,33). The van der Waals surface area contributed by atoms with Gasteiger partial charge >= 0.3 is 6.18 Å². The Labute approximate surface area is 200 Å². The Hall–Kier alpha value is -3.66. The number of nitrogens with zero attached hydrogens (tertiary/aromatic N) is 2. The van der Waals surface area contributed by atoms with Gasteiger partial charge in [0, 0.05) is 25.1 Å². The molecule has 10 heteroatoms. The van der Waals surface area contributed by atoms with Gasteiger partial charge in [0.2, 0.25) is 0 Å². The van der Waals surface area contributed by atoms with Gasteiger partial charge in [-0.2, -0.15) is 13.2 Å². The monoisotopic (exact) mass is 485 g/mol. The van der Waals surface area contributed by atoms with E-state index >= 15 is 0 Å². The molecule has 0 aliphatic carbocycles. The van der Waals surface area contributed by atoms with Crippen molar-refractivity contribution in [2.75, 3.05) is 25.0 Å². The summed E-state index contributed by atoms with van der Waals surface area (Å²) in [5.74, 6) is -0.493. The Morgan fingerprint density at radius 2 is 1.97 bits per heavy atom. The normalized spacial score (nSPS) is 14.5. The second kappa shape index (κ2) is 10.7. The lowest BCUT2D eigenvalue weighted by molar-refractivity contribution is -0.137. The summed E-state index contributed by atoms with van der Waals surface area (Å²) in [6.07, 6.45) is 2.05. The number of amides is 1. The number of hydrogen-bond donors (Lipinski definition) is 3. The van der Waals surface area contributed by atoms with Crippen molar-refractivity contribution in [3.05, 3.63) is 71.7 Å². The Morgan fingerprint density at radius 1 is 1.17 bits per heavy atom. The van der Waals surface area contributed by atoms with Crippen LogP contribution in [-0.2, 0) is 12.6 Å². The van der Waals surface area contributed by atoms with Gasteiger partial charge in [-0.1, -0.05) is 6.07 Å². The zero-order chi connectivity index (χ0) is 24.8. The van der Waals surface area contributed by atoms with E-state index in [1.165, 1.54) is 18.3 Å². The fraction of sp³-hybridized carbons (Fsp3) is 0.320. The molecular weight excluding hydrogens is 459 g/mol. The quantitative estimate of drug-likeness (QED) is 0.445. The molecule has 7 nitrogen and oxygen atoms in total. The number of piperidine rings is 1. The molecule has 1 fully saturated rings. The summed E-state index contributed by atoms with van der Waals surface area (Å²) in [6, 6.07) is 8.72. The molecule has 1 aliphatic rings. The van der Waals surface area contributed by atoms with Crippen LogP contribution in [0.5, 0.6) is 5.75 Å². The molecule has 184 valence electrons. The van der Waals surface area contributed by atoms with Crippen LogP contribution < -0.4 is 21.1 Å². The van der Waals surface area contributed by atoms with Crippen LogP contribution in [0.25, 0.3) is 11.1 Å². The number of benzene rings is 1. The number of anilines is 1. The molecule has 2 aromatic heterocycles. The molecule has 35 heavy (non-hydrogen) atoms. The first kappa shape index (κ1) is 24.5. The lowest BCUT2D eigenvalue weighted by Gasteiger charge is -2.25. The summed E-state index contributed by atoms with van der Waals surface area (Å²) in [4.78, 5) is 20.7. The lowest BCUT2D eigenvalue weighted by atomic mass is 9.97. The summed E-state index contributed by atoms with van der Waals surface area (Å²) < 4.78 is 47.1. The van der Waals surface area contributed by atoms with Crippen LogP contribution in [0, 0.1) is 0 Å². The average Bonchev–Trinajstić information content (AvgIpc) is 2.84. The van der Waals surface area contributed by atoms with Crippen LogP contribution in [0.1, 0.15) is 34.3 Å². The number of primary amides is 1. The van der Waals surface area contributed by atoms with Crippen LogP contribution in [0.3, 0.4) is 0 Å². The van der Waals surface area contributed by atoms with Gasteiger partial charge in [0.1, 0.15) is 17.7 Å². The van der Waals surface area contributed by atoms with E-state index < -0.39 is 17.6 Å². The predicted molar refractivity (Wildman–Crippen MR) is 126 cm³/mol. The number of nitrogens with one attached hydrogen (secondary N) is 2. The van der Waals surface area contributed by atoms with Crippen molar-refractivity contribution in [3.63, 3.8) is 0 Å². The molecule has 0 atom stereocenters. The fourth-order valence-corrected chi connectivity index (χ4v) is 4.05. The van der Waals surface area contributed by atoms with E-state index in [0.717, 1.165) is 30.8 Å². The molecule has 3 heterocycles. The van der Waals surface area contributed by atoms with Gasteiger partial charge in [-0.3, -0.25) is 9.78 Å². The molecule has 0 saturated carbocycles. The minimum Gasteiger partial charge on any atom is -0.490 e. The highest BCUT2D eigenvalue weighted by atomic mass is 19.4. The Bertz CT molecular complexity index is 1170. The molecule has 4 N–H and O–H groups in total. The number of carbonyl (C=O) groups is 1. The number of hydrogen-bond acceptors (Lipinski definition) is 6. The van der Waals surface area contributed by atoms with Crippen molar-refractivity contribution in [1.29, 1.82) is 0 Å². The molecule has 3 aromatic rings. The number of carbonyl (C=O) groups excluding carboxylic acids is 1. The predicted octanol–water partition coefficient (Wildman–Crippen LogP) is 4.05. The van der Waals surface area contributed by atoms with Gasteiger partial charge in [0.25, 0.3) is 5.91 Å². The molecule has 1 aromatic carbocycles. The van der Waals surface area contributed by atoms with Crippen molar-refractivity contribution in [2.24, 2.45) is 5.73 Å². The van der Waals surface area contributed by atoms with Gasteiger partial charge in [0.15, 0.2) is 0 Å². The van der Waals surface area contributed by atoms with Gasteiger partial charge in [-0.25, -0.2) is 4.98 Å². The van der Waals surface area contributed by atoms with Gasteiger partial charge in [-0.05, 0) is 79.4 Å². The number of rotatable bonds is 8. The third-order valence-corrected chi connectivity index (χ3v) is 5.76. The molecule has 1 amide bonds. The summed E-state index contributed by atoms with van der Waals surface area (Å²) in [5.41, 5.74) is 6.22. The molecular formula is C25H26F3N5O2. The molecule has 0 spiro atoms. The highest BCUT2D eigenvalue weighted by molar-refractivity contribution is 6.04. The molecule has 1 aliphatic heterocycles. The van der Waals surface area contributed by atoms with Crippen molar-refractivity contribution in [1.82, 2.24) is 15.3 Å². The second-order valence-corrected chi connectivity index (χ2v) is 8.30. The Kier molecular flexibility index (Phi) is 7.50. The third kappa shape index (κ3) is 6.27. The van der Waals surface area contributed by atoms with E-state index in [1.54, 1.807) is 12.4 Å². The molecule has 0 unspecified atom stereocenters.